The Balaban J connectivity index is 2.18. The van der Waals surface area contributed by atoms with Crippen molar-refractivity contribution in [2.75, 3.05) is 18.6 Å². The summed E-state index contributed by atoms with van der Waals surface area (Å²) in [4.78, 5) is 28.7. The Labute approximate surface area is 107 Å². The van der Waals surface area contributed by atoms with E-state index >= 15 is 0 Å². The highest BCUT2D eigenvalue weighted by Crippen LogP contribution is 2.26. The highest BCUT2D eigenvalue weighted by molar-refractivity contribution is 9.10. The fraction of sp³-hybridized carbons (Fsp3) is 0.364. The van der Waals surface area contributed by atoms with Crippen LogP contribution in [0.25, 0.3) is 0 Å². The Bertz CT molecular complexity index is 464. The number of nitrogens with zero attached hydrogens (tertiary/aromatic N) is 2. The van der Waals surface area contributed by atoms with Crippen LogP contribution in [-0.2, 0) is 14.3 Å². The number of pyridine rings is 1. The van der Waals surface area contributed by atoms with Gasteiger partial charge in [0.15, 0.2) is 0 Å². The third-order valence-electron chi connectivity index (χ3n) is 2.66. The maximum atomic E-state index is 11.8. The number of hydrogen-bond donors (Lipinski definition) is 0. The Hall–Kier alpha value is -1.43. The first-order valence-electron chi connectivity index (χ1n) is 5.10. The molecule has 17 heavy (non-hydrogen) atoms. The summed E-state index contributed by atoms with van der Waals surface area (Å²) in [6, 6.07) is 1.80. The highest BCUT2D eigenvalue weighted by atomic mass is 79.9. The second kappa shape index (κ2) is 4.83. The molecule has 0 N–H and O–H groups in total. The molecule has 1 unspecified atom stereocenters. The van der Waals surface area contributed by atoms with Gasteiger partial charge in [0, 0.05) is 23.6 Å². The predicted molar refractivity (Wildman–Crippen MR) is 64.4 cm³/mol. The molecule has 1 saturated heterocycles. The maximum Gasteiger partial charge on any atom is 0.311 e. The van der Waals surface area contributed by atoms with Crippen molar-refractivity contribution in [1.29, 1.82) is 0 Å². The van der Waals surface area contributed by atoms with Crippen molar-refractivity contribution < 1.29 is 14.3 Å². The van der Waals surface area contributed by atoms with Gasteiger partial charge in [-0.2, -0.15) is 0 Å². The van der Waals surface area contributed by atoms with Crippen LogP contribution >= 0.6 is 15.9 Å². The Morgan fingerprint density at radius 2 is 2.35 bits per heavy atom. The standard InChI is InChI=1S/C11H11BrN2O3/c1-17-11(16)7-2-10(15)14(6-7)9-3-8(12)4-13-5-9/h3-5,7H,2,6H2,1H3. The number of anilines is 1. The molecular weight excluding hydrogens is 288 g/mol. The molecule has 90 valence electrons. The van der Waals surface area contributed by atoms with Gasteiger partial charge in [-0.1, -0.05) is 0 Å². The SMILES string of the molecule is COC(=O)C1CC(=O)N(c2cncc(Br)c2)C1. The molecule has 1 aromatic heterocycles. The minimum absolute atomic E-state index is 0.0831. The summed E-state index contributed by atoms with van der Waals surface area (Å²) in [6.45, 7) is 0.351. The number of esters is 1. The largest absolute Gasteiger partial charge is 0.469 e. The number of halogens is 1. The van der Waals surface area contributed by atoms with E-state index in [2.05, 4.69) is 25.7 Å². The summed E-state index contributed by atoms with van der Waals surface area (Å²) in [7, 11) is 1.33. The van der Waals surface area contributed by atoms with Crippen molar-refractivity contribution in [3.05, 3.63) is 22.9 Å². The van der Waals surface area contributed by atoms with Gasteiger partial charge in [0.1, 0.15) is 0 Å². The average molecular weight is 299 g/mol. The van der Waals surface area contributed by atoms with Crippen LogP contribution in [0.5, 0.6) is 0 Å². The fourth-order valence-corrected chi connectivity index (χ4v) is 2.18. The summed E-state index contributed by atoms with van der Waals surface area (Å²) < 4.78 is 5.44. The Morgan fingerprint density at radius 3 is 3.00 bits per heavy atom. The minimum Gasteiger partial charge on any atom is -0.469 e. The topological polar surface area (TPSA) is 59.5 Å². The minimum atomic E-state index is -0.383. The summed E-state index contributed by atoms with van der Waals surface area (Å²) in [6.07, 6.45) is 3.43. The van der Waals surface area contributed by atoms with Gasteiger partial charge in [0.05, 0.1) is 24.9 Å². The van der Waals surface area contributed by atoms with Crippen LogP contribution in [0.3, 0.4) is 0 Å². The molecule has 5 nitrogen and oxygen atoms in total. The lowest BCUT2D eigenvalue weighted by Gasteiger charge is -2.15. The van der Waals surface area contributed by atoms with Gasteiger partial charge in [-0.15, -0.1) is 0 Å². The summed E-state index contributed by atoms with van der Waals surface area (Å²) in [5.74, 6) is -0.810. The molecule has 1 aliphatic heterocycles. The molecule has 0 saturated carbocycles. The van der Waals surface area contributed by atoms with E-state index in [9.17, 15) is 9.59 Å². The lowest BCUT2D eigenvalue weighted by Crippen LogP contribution is -2.26. The van der Waals surface area contributed by atoms with Crippen molar-refractivity contribution in [2.45, 2.75) is 6.42 Å². The van der Waals surface area contributed by atoms with E-state index in [0.717, 1.165) is 4.47 Å². The lowest BCUT2D eigenvalue weighted by molar-refractivity contribution is -0.145. The normalized spacial score (nSPS) is 19.5. The molecule has 0 radical (unpaired) electrons. The van der Waals surface area contributed by atoms with E-state index in [-0.39, 0.29) is 24.2 Å². The van der Waals surface area contributed by atoms with Crippen LogP contribution in [0.15, 0.2) is 22.9 Å². The summed E-state index contributed by atoms with van der Waals surface area (Å²) in [5, 5.41) is 0. The highest BCUT2D eigenvalue weighted by Gasteiger charge is 2.35. The third-order valence-corrected chi connectivity index (χ3v) is 3.10. The van der Waals surface area contributed by atoms with Crippen molar-refractivity contribution in [3.63, 3.8) is 0 Å². The van der Waals surface area contributed by atoms with Gasteiger partial charge >= 0.3 is 5.97 Å². The number of aromatic nitrogens is 1. The molecule has 2 heterocycles. The number of carbonyl (C=O) groups is 2. The molecule has 6 heteroatoms. The zero-order chi connectivity index (χ0) is 12.4. The second-order valence-electron chi connectivity index (χ2n) is 3.79. The molecule has 1 fully saturated rings. The van der Waals surface area contributed by atoms with E-state index < -0.39 is 0 Å². The number of methoxy groups -OCH3 is 1. The van der Waals surface area contributed by atoms with E-state index in [1.807, 2.05) is 0 Å². The van der Waals surface area contributed by atoms with Gasteiger partial charge in [0.2, 0.25) is 5.91 Å². The molecule has 1 aliphatic rings. The second-order valence-corrected chi connectivity index (χ2v) is 4.71. The van der Waals surface area contributed by atoms with E-state index in [1.165, 1.54) is 7.11 Å². The molecule has 1 atom stereocenters. The molecule has 1 amide bonds. The number of amides is 1. The predicted octanol–water partition coefficient (Wildman–Crippen LogP) is 1.37. The molecule has 0 bridgehead atoms. The maximum absolute atomic E-state index is 11.8. The Morgan fingerprint density at radius 1 is 1.59 bits per heavy atom. The number of hydrogen-bond acceptors (Lipinski definition) is 4. The summed E-state index contributed by atoms with van der Waals surface area (Å²) >= 11 is 3.29. The van der Waals surface area contributed by atoms with Gasteiger partial charge in [-0.3, -0.25) is 14.6 Å². The lowest BCUT2D eigenvalue weighted by atomic mass is 10.1. The van der Waals surface area contributed by atoms with Gasteiger partial charge in [-0.25, -0.2) is 0 Å². The number of carbonyl (C=O) groups excluding carboxylic acids is 2. The number of rotatable bonds is 2. The molecule has 0 aromatic carbocycles. The zero-order valence-electron chi connectivity index (χ0n) is 9.22. The number of ether oxygens (including phenoxy) is 1. The third kappa shape index (κ3) is 2.46. The Kier molecular flexibility index (Phi) is 3.42. The van der Waals surface area contributed by atoms with Crippen molar-refractivity contribution >= 4 is 33.5 Å². The van der Waals surface area contributed by atoms with Crippen LogP contribution in [0, 0.1) is 5.92 Å². The zero-order valence-corrected chi connectivity index (χ0v) is 10.8. The smallest absolute Gasteiger partial charge is 0.311 e. The average Bonchev–Trinajstić information content (AvgIpc) is 2.70. The van der Waals surface area contributed by atoms with Crippen molar-refractivity contribution in [1.82, 2.24) is 4.98 Å². The van der Waals surface area contributed by atoms with Gasteiger partial charge in [0.25, 0.3) is 0 Å². The fourth-order valence-electron chi connectivity index (χ4n) is 1.83. The summed E-state index contributed by atoms with van der Waals surface area (Å²) in [5.41, 5.74) is 0.691. The van der Waals surface area contributed by atoms with Crippen LogP contribution in [0.4, 0.5) is 5.69 Å². The molecule has 0 aliphatic carbocycles. The first-order chi connectivity index (χ1) is 8.11. The van der Waals surface area contributed by atoms with Crippen LogP contribution in [0.2, 0.25) is 0 Å². The molecule has 2 rings (SSSR count). The molecule has 0 spiro atoms. The first-order valence-corrected chi connectivity index (χ1v) is 5.90. The van der Waals surface area contributed by atoms with E-state index in [1.54, 1.807) is 23.4 Å². The molecule has 1 aromatic rings. The van der Waals surface area contributed by atoms with Crippen LogP contribution < -0.4 is 4.90 Å². The van der Waals surface area contributed by atoms with E-state index in [4.69, 9.17) is 0 Å². The van der Waals surface area contributed by atoms with Crippen molar-refractivity contribution in [2.24, 2.45) is 5.92 Å². The van der Waals surface area contributed by atoms with Crippen LogP contribution in [0.1, 0.15) is 6.42 Å². The van der Waals surface area contributed by atoms with Crippen molar-refractivity contribution in [3.8, 4) is 0 Å². The monoisotopic (exact) mass is 298 g/mol. The van der Waals surface area contributed by atoms with E-state index in [0.29, 0.717) is 12.2 Å². The first kappa shape index (κ1) is 12.0. The molecular formula is C11H11BrN2O3. The van der Waals surface area contributed by atoms with Crippen LogP contribution in [-0.4, -0.2) is 30.5 Å². The van der Waals surface area contributed by atoms with Gasteiger partial charge in [-0.05, 0) is 22.0 Å². The quantitative estimate of drug-likeness (QED) is 0.774. The van der Waals surface area contributed by atoms with Gasteiger partial charge < -0.3 is 9.64 Å².